The summed E-state index contributed by atoms with van der Waals surface area (Å²) in [6.45, 7) is 0.936. The van der Waals surface area contributed by atoms with Crippen molar-refractivity contribution in [3.63, 3.8) is 0 Å². The van der Waals surface area contributed by atoms with Crippen LogP contribution in [0.2, 0.25) is 0 Å². The van der Waals surface area contributed by atoms with Crippen molar-refractivity contribution in [1.29, 1.82) is 0 Å². The van der Waals surface area contributed by atoms with E-state index < -0.39 is 10.0 Å². The van der Waals surface area contributed by atoms with Crippen molar-refractivity contribution in [2.24, 2.45) is 0 Å². The standard InChI is InChI=1S/C23H31N3O6S/c1-30-17-8-10-19(22(14-17)32-3)25-23(27)16-24-20-15-18(9-11-21(20)31-2)33(28,29)26-12-6-4-5-7-13-26/h8-11,14-15,24H,4-7,12-13,16H2,1-3H3,(H,25,27). The first-order valence-electron chi connectivity index (χ1n) is 10.8. The van der Waals surface area contributed by atoms with E-state index in [-0.39, 0.29) is 17.3 Å². The molecule has 0 aliphatic carbocycles. The van der Waals surface area contributed by atoms with E-state index in [2.05, 4.69) is 10.6 Å². The number of carbonyl (C=O) groups excluding carboxylic acids is 1. The third-order valence-corrected chi connectivity index (χ3v) is 7.39. The molecule has 0 spiro atoms. The van der Waals surface area contributed by atoms with E-state index in [0.717, 1.165) is 25.7 Å². The van der Waals surface area contributed by atoms with Crippen molar-refractivity contribution >= 4 is 27.3 Å². The summed E-state index contributed by atoms with van der Waals surface area (Å²) in [5.41, 5.74) is 0.916. The van der Waals surface area contributed by atoms with Crippen LogP contribution in [0.25, 0.3) is 0 Å². The molecule has 3 rings (SSSR count). The first-order valence-corrected chi connectivity index (χ1v) is 12.3. The minimum Gasteiger partial charge on any atom is -0.497 e. The minimum absolute atomic E-state index is 0.0985. The molecule has 0 saturated carbocycles. The van der Waals surface area contributed by atoms with Gasteiger partial charge < -0.3 is 24.8 Å². The van der Waals surface area contributed by atoms with E-state index in [4.69, 9.17) is 14.2 Å². The van der Waals surface area contributed by atoms with Gasteiger partial charge in [0.1, 0.15) is 17.2 Å². The number of hydrogen-bond acceptors (Lipinski definition) is 7. The molecule has 9 nitrogen and oxygen atoms in total. The Hall–Kier alpha value is -2.98. The molecule has 2 aromatic carbocycles. The molecule has 1 heterocycles. The lowest BCUT2D eigenvalue weighted by molar-refractivity contribution is -0.114. The van der Waals surface area contributed by atoms with Crippen LogP contribution in [0.1, 0.15) is 25.7 Å². The summed E-state index contributed by atoms with van der Waals surface area (Å²) in [4.78, 5) is 12.7. The Morgan fingerprint density at radius 2 is 1.58 bits per heavy atom. The summed E-state index contributed by atoms with van der Waals surface area (Å²) in [5, 5.41) is 5.76. The van der Waals surface area contributed by atoms with E-state index >= 15 is 0 Å². The average Bonchev–Trinajstić information content (AvgIpc) is 3.13. The van der Waals surface area contributed by atoms with Gasteiger partial charge in [0.15, 0.2) is 0 Å². The maximum atomic E-state index is 13.1. The zero-order valence-corrected chi connectivity index (χ0v) is 20.0. The molecule has 2 N–H and O–H groups in total. The highest BCUT2D eigenvalue weighted by atomic mass is 32.2. The van der Waals surface area contributed by atoms with Crippen LogP contribution in [0, 0.1) is 0 Å². The Morgan fingerprint density at radius 1 is 0.879 bits per heavy atom. The van der Waals surface area contributed by atoms with Gasteiger partial charge in [-0.3, -0.25) is 4.79 Å². The van der Waals surface area contributed by atoms with Gasteiger partial charge in [0.2, 0.25) is 15.9 Å². The molecule has 0 aromatic heterocycles. The van der Waals surface area contributed by atoms with E-state index in [1.54, 1.807) is 31.4 Å². The zero-order chi connectivity index (χ0) is 23.8. The number of anilines is 2. The van der Waals surface area contributed by atoms with Crippen molar-refractivity contribution in [3.8, 4) is 17.2 Å². The molecule has 0 unspecified atom stereocenters. The number of nitrogens with zero attached hydrogens (tertiary/aromatic N) is 1. The first-order chi connectivity index (χ1) is 15.9. The van der Waals surface area contributed by atoms with Crippen LogP contribution < -0.4 is 24.8 Å². The van der Waals surface area contributed by atoms with E-state index in [9.17, 15) is 13.2 Å². The summed E-state index contributed by atoms with van der Waals surface area (Å²) < 4.78 is 43.7. The van der Waals surface area contributed by atoms with Crippen molar-refractivity contribution in [2.75, 3.05) is 51.6 Å². The number of carbonyl (C=O) groups is 1. The first kappa shape index (κ1) is 24.7. The van der Waals surface area contributed by atoms with Crippen LogP contribution in [0.5, 0.6) is 17.2 Å². The maximum Gasteiger partial charge on any atom is 0.243 e. The average molecular weight is 478 g/mol. The van der Waals surface area contributed by atoms with Gasteiger partial charge in [-0.2, -0.15) is 4.31 Å². The van der Waals surface area contributed by atoms with Gasteiger partial charge in [-0.1, -0.05) is 12.8 Å². The van der Waals surface area contributed by atoms with Crippen LogP contribution in [-0.2, 0) is 14.8 Å². The van der Waals surface area contributed by atoms with Gasteiger partial charge in [0, 0.05) is 19.2 Å². The Morgan fingerprint density at radius 3 is 2.21 bits per heavy atom. The van der Waals surface area contributed by atoms with Crippen molar-refractivity contribution in [1.82, 2.24) is 4.31 Å². The van der Waals surface area contributed by atoms with Gasteiger partial charge in [0.05, 0.1) is 44.1 Å². The number of amides is 1. The number of hydrogen-bond donors (Lipinski definition) is 2. The lowest BCUT2D eigenvalue weighted by Gasteiger charge is -2.21. The second-order valence-electron chi connectivity index (χ2n) is 7.65. The van der Waals surface area contributed by atoms with E-state index in [1.807, 2.05) is 0 Å². The lowest BCUT2D eigenvalue weighted by atomic mass is 10.2. The van der Waals surface area contributed by atoms with Crippen molar-refractivity contribution < 1.29 is 27.4 Å². The van der Waals surface area contributed by atoms with Crippen LogP contribution in [0.15, 0.2) is 41.3 Å². The van der Waals surface area contributed by atoms with E-state index in [1.165, 1.54) is 30.7 Å². The molecule has 1 aliphatic rings. The maximum absolute atomic E-state index is 13.1. The monoisotopic (exact) mass is 477 g/mol. The molecular formula is C23H31N3O6S. The van der Waals surface area contributed by atoms with Gasteiger partial charge in [-0.05, 0) is 43.2 Å². The van der Waals surface area contributed by atoms with Gasteiger partial charge in [-0.15, -0.1) is 0 Å². The summed E-state index contributed by atoms with van der Waals surface area (Å²) in [7, 11) is 0.916. The van der Waals surface area contributed by atoms with E-state index in [0.29, 0.717) is 41.7 Å². The van der Waals surface area contributed by atoms with Crippen LogP contribution in [0.3, 0.4) is 0 Å². The molecule has 1 aliphatic heterocycles. The van der Waals surface area contributed by atoms with Crippen LogP contribution in [-0.4, -0.2) is 59.6 Å². The highest BCUT2D eigenvalue weighted by Crippen LogP contribution is 2.31. The zero-order valence-electron chi connectivity index (χ0n) is 19.2. The smallest absolute Gasteiger partial charge is 0.243 e. The SMILES string of the molecule is COc1ccc(NC(=O)CNc2cc(S(=O)(=O)N3CCCCCC3)ccc2OC)c(OC)c1. The second-order valence-corrected chi connectivity index (χ2v) is 9.59. The Balaban J connectivity index is 1.73. The summed E-state index contributed by atoms with van der Waals surface area (Å²) in [6.07, 6.45) is 3.79. The predicted octanol–water partition coefficient (Wildman–Crippen LogP) is 3.33. The molecule has 2 aromatic rings. The molecule has 0 bridgehead atoms. The second kappa shape index (κ2) is 11.2. The quantitative estimate of drug-likeness (QED) is 0.571. The largest absolute Gasteiger partial charge is 0.497 e. The third-order valence-electron chi connectivity index (χ3n) is 5.50. The molecular weight excluding hydrogens is 446 g/mol. The molecule has 1 amide bonds. The number of methoxy groups -OCH3 is 3. The van der Waals surface area contributed by atoms with Gasteiger partial charge in [0.25, 0.3) is 0 Å². The predicted molar refractivity (Wildman–Crippen MR) is 127 cm³/mol. The number of rotatable bonds is 9. The number of nitrogens with one attached hydrogen (secondary N) is 2. The number of ether oxygens (including phenoxy) is 3. The van der Waals surface area contributed by atoms with Crippen LogP contribution >= 0.6 is 0 Å². The van der Waals surface area contributed by atoms with Crippen LogP contribution in [0.4, 0.5) is 11.4 Å². The van der Waals surface area contributed by atoms with Gasteiger partial charge >= 0.3 is 0 Å². The third kappa shape index (κ3) is 6.08. The highest BCUT2D eigenvalue weighted by molar-refractivity contribution is 7.89. The Kier molecular flexibility index (Phi) is 8.40. The topological polar surface area (TPSA) is 106 Å². The number of benzene rings is 2. The molecule has 33 heavy (non-hydrogen) atoms. The Bertz CT molecular complexity index is 1070. The molecule has 0 atom stereocenters. The normalized spacial score (nSPS) is 14.8. The fourth-order valence-corrected chi connectivity index (χ4v) is 5.23. The Labute approximate surface area is 195 Å². The minimum atomic E-state index is -3.63. The number of sulfonamides is 1. The lowest BCUT2D eigenvalue weighted by Crippen LogP contribution is -2.32. The fraction of sp³-hybridized carbons (Fsp3) is 0.435. The fourth-order valence-electron chi connectivity index (χ4n) is 3.69. The molecule has 1 saturated heterocycles. The molecule has 10 heteroatoms. The molecule has 1 fully saturated rings. The van der Waals surface area contributed by atoms with Crippen molar-refractivity contribution in [2.45, 2.75) is 30.6 Å². The molecule has 180 valence electrons. The molecule has 0 radical (unpaired) electrons. The summed E-state index contributed by atoms with van der Waals surface area (Å²) >= 11 is 0. The summed E-state index contributed by atoms with van der Waals surface area (Å²) in [5.74, 6) is 1.18. The van der Waals surface area contributed by atoms with Gasteiger partial charge in [-0.25, -0.2) is 8.42 Å². The highest BCUT2D eigenvalue weighted by Gasteiger charge is 2.26. The summed E-state index contributed by atoms with van der Waals surface area (Å²) in [6, 6.07) is 9.71. The van der Waals surface area contributed by atoms with Crippen molar-refractivity contribution in [3.05, 3.63) is 36.4 Å².